The monoisotopic (exact) mass is 1170 g/mol. The Morgan fingerprint density at radius 2 is 0.566 bits per heavy atom. The number of carbonyl (C=O) groups is 2. The van der Waals surface area contributed by atoms with Gasteiger partial charge in [-0.15, -0.1) is 0 Å². The summed E-state index contributed by atoms with van der Waals surface area (Å²) in [4.78, 5) is 24.6. The number of aliphatic hydroxyl groups excluding tert-OH is 2. The lowest BCUT2D eigenvalue weighted by atomic mass is 10.0. The normalized spacial score (nSPS) is 12.5. The maximum Gasteiger partial charge on any atom is 0.305 e. The molecule has 0 spiro atoms. The first-order valence-electron chi connectivity index (χ1n) is 38.4. The minimum absolute atomic E-state index is 0.0236. The Balaban J connectivity index is 3.32. The Kier molecular flexibility index (Phi) is 71.8. The van der Waals surface area contributed by atoms with Crippen molar-refractivity contribution in [3.8, 4) is 0 Å². The Hall–Kier alpha value is -1.40. The molecule has 3 N–H and O–H groups in total. The number of allylic oxidation sites excluding steroid dienone is 2. The standard InChI is InChI=1S/C77H151NO5/c1-3-5-7-9-11-13-15-17-19-39-42-45-49-53-57-61-65-69-75(80)74(73-79)78-76(81)70-66-62-58-54-50-46-43-40-37-35-33-31-29-27-25-23-21-20-22-24-26-28-30-32-34-36-38-41-44-48-52-56-60-64-68-72-83-77(82)71-67-63-59-55-51-47-18-16-14-12-10-8-6-4-2/h22,24,74-75,79-80H,3-21,23,25-73H2,1-2H3,(H,78,81)/b24-22-. The van der Waals surface area contributed by atoms with E-state index in [1.54, 1.807) is 0 Å². The van der Waals surface area contributed by atoms with Crippen molar-refractivity contribution in [3.63, 3.8) is 0 Å². The van der Waals surface area contributed by atoms with Crippen molar-refractivity contribution in [1.82, 2.24) is 5.32 Å². The molecule has 0 fully saturated rings. The largest absolute Gasteiger partial charge is 0.466 e. The van der Waals surface area contributed by atoms with Crippen LogP contribution in [-0.2, 0) is 14.3 Å². The smallest absolute Gasteiger partial charge is 0.305 e. The van der Waals surface area contributed by atoms with Crippen molar-refractivity contribution < 1.29 is 24.5 Å². The molecule has 0 aliphatic carbocycles. The molecule has 1 amide bonds. The SMILES string of the molecule is CCCCCCCCCCCCCCCCCCCC(O)C(CO)NC(=O)CCCCCCCCCCCCCCCCCCC/C=C\CCCCCCCCCCCCCCCCOC(=O)CCCCCCCCCCCCCCCC. The number of nitrogens with one attached hydrogen (secondary N) is 1. The molecule has 0 aromatic heterocycles. The predicted octanol–water partition coefficient (Wildman–Crippen LogP) is 25.1. The Morgan fingerprint density at radius 1 is 0.325 bits per heavy atom. The van der Waals surface area contributed by atoms with Gasteiger partial charge in [0.2, 0.25) is 5.91 Å². The van der Waals surface area contributed by atoms with E-state index in [0.29, 0.717) is 25.9 Å². The van der Waals surface area contributed by atoms with Gasteiger partial charge in [0, 0.05) is 12.8 Å². The van der Waals surface area contributed by atoms with Crippen molar-refractivity contribution in [2.45, 2.75) is 456 Å². The second-order valence-electron chi connectivity index (χ2n) is 26.7. The molecule has 0 saturated heterocycles. The van der Waals surface area contributed by atoms with E-state index < -0.39 is 12.1 Å². The highest BCUT2D eigenvalue weighted by atomic mass is 16.5. The van der Waals surface area contributed by atoms with Crippen LogP contribution in [0.1, 0.15) is 444 Å². The Labute approximate surface area is 520 Å². The number of unbranched alkanes of at least 4 members (excludes halogenated alkanes) is 60. The highest BCUT2D eigenvalue weighted by molar-refractivity contribution is 5.76. The molecule has 83 heavy (non-hydrogen) atoms. The molecule has 0 aromatic carbocycles. The van der Waals surface area contributed by atoms with Crippen LogP contribution in [0.3, 0.4) is 0 Å². The van der Waals surface area contributed by atoms with Gasteiger partial charge in [-0.05, 0) is 51.4 Å². The zero-order chi connectivity index (χ0) is 59.9. The first kappa shape index (κ1) is 81.6. The fraction of sp³-hybridized carbons (Fsp3) is 0.948. The third-order valence-corrected chi connectivity index (χ3v) is 18.3. The second kappa shape index (κ2) is 73.1. The van der Waals surface area contributed by atoms with Crippen LogP contribution in [-0.4, -0.2) is 47.4 Å². The topological polar surface area (TPSA) is 95.9 Å². The number of hydrogen-bond acceptors (Lipinski definition) is 5. The predicted molar refractivity (Wildman–Crippen MR) is 366 cm³/mol. The van der Waals surface area contributed by atoms with E-state index in [4.69, 9.17) is 4.74 Å². The van der Waals surface area contributed by atoms with E-state index in [1.807, 2.05) is 0 Å². The number of ether oxygens (including phenoxy) is 1. The summed E-state index contributed by atoms with van der Waals surface area (Å²) >= 11 is 0. The van der Waals surface area contributed by atoms with E-state index in [-0.39, 0.29) is 18.5 Å². The van der Waals surface area contributed by atoms with Crippen molar-refractivity contribution in [2.75, 3.05) is 13.2 Å². The van der Waals surface area contributed by atoms with Gasteiger partial charge in [-0.3, -0.25) is 9.59 Å². The van der Waals surface area contributed by atoms with Crippen molar-refractivity contribution in [1.29, 1.82) is 0 Å². The average molecular weight is 1170 g/mol. The maximum atomic E-state index is 12.5. The molecule has 0 heterocycles. The number of esters is 1. The minimum Gasteiger partial charge on any atom is -0.466 e. The molecule has 6 heteroatoms. The Bertz CT molecular complexity index is 1260. The lowest BCUT2D eigenvalue weighted by Gasteiger charge is -2.22. The zero-order valence-electron chi connectivity index (χ0n) is 56.7. The van der Waals surface area contributed by atoms with Crippen LogP contribution < -0.4 is 5.32 Å². The van der Waals surface area contributed by atoms with Gasteiger partial charge in [-0.2, -0.15) is 0 Å². The number of aliphatic hydroxyl groups is 2. The molecule has 2 unspecified atom stereocenters. The molecule has 0 saturated carbocycles. The molecule has 0 radical (unpaired) electrons. The molecule has 0 bridgehead atoms. The Morgan fingerprint density at radius 3 is 0.855 bits per heavy atom. The summed E-state index contributed by atoms with van der Waals surface area (Å²) < 4.78 is 5.50. The average Bonchev–Trinajstić information content (AvgIpc) is 3.49. The van der Waals surface area contributed by atoms with Crippen molar-refractivity contribution in [3.05, 3.63) is 12.2 Å². The molecule has 0 aromatic rings. The van der Waals surface area contributed by atoms with Crippen LogP contribution in [0.15, 0.2) is 12.2 Å². The second-order valence-corrected chi connectivity index (χ2v) is 26.7. The zero-order valence-corrected chi connectivity index (χ0v) is 56.7. The molecule has 0 aliphatic rings. The fourth-order valence-electron chi connectivity index (χ4n) is 12.5. The van der Waals surface area contributed by atoms with E-state index >= 15 is 0 Å². The van der Waals surface area contributed by atoms with Gasteiger partial charge >= 0.3 is 5.97 Å². The van der Waals surface area contributed by atoms with Gasteiger partial charge in [-0.25, -0.2) is 0 Å². The van der Waals surface area contributed by atoms with Crippen molar-refractivity contribution in [2.24, 2.45) is 0 Å². The number of amides is 1. The summed E-state index contributed by atoms with van der Waals surface area (Å²) in [5.74, 6) is -0.00335. The molecule has 0 rings (SSSR count). The quantitative estimate of drug-likeness (QED) is 0.0320. The van der Waals surface area contributed by atoms with Crippen LogP contribution in [0.5, 0.6) is 0 Å². The molecule has 2 atom stereocenters. The van der Waals surface area contributed by atoms with Crippen LogP contribution in [0, 0.1) is 0 Å². The van der Waals surface area contributed by atoms with Crippen LogP contribution >= 0.6 is 0 Å². The summed E-state index contributed by atoms with van der Waals surface area (Å²) in [7, 11) is 0. The number of hydrogen-bond donors (Lipinski definition) is 3. The van der Waals surface area contributed by atoms with Gasteiger partial charge < -0.3 is 20.3 Å². The van der Waals surface area contributed by atoms with E-state index in [9.17, 15) is 19.8 Å². The van der Waals surface area contributed by atoms with E-state index in [0.717, 1.165) is 38.5 Å². The van der Waals surface area contributed by atoms with Crippen LogP contribution in [0.2, 0.25) is 0 Å². The van der Waals surface area contributed by atoms with Gasteiger partial charge in [-0.1, -0.05) is 392 Å². The first-order valence-corrected chi connectivity index (χ1v) is 38.4. The van der Waals surface area contributed by atoms with Crippen LogP contribution in [0.4, 0.5) is 0 Å². The highest BCUT2D eigenvalue weighted by Crippen LogP contribution is 2.20. The lowest BCUT2D eigenvalue weighted by molar-refractivity contribution is -0.143. The first-order chi connectivity index (χ1) is 41.0. The fourth-order valence-corrected chi connectivity index (χ4v) is 12.5. The summed E-state index contributed by atoms with van der Waals surface area (Å²) in [6.45, 7) is 5.01. The highest BCUT2D eigenvalue weighted by Gasteiger charge is 2.20. The van der Waals surface area contributed by atoms with Gasteiger partial charge in [0.1, 0.15) is 0 Å². The van der Waals surface area contributed by atoms with Gasteiger partial charge in [0.15, 0.2) is 0 Å². The molecular formula is C77H151NO5. The van der Waals surface area contributed by atoms with Crippen LogP contribution in [0.25, 0.3) is 0 Å². The summed E-state index contributed by atoms with van der Waals surface area (Å²) in [5.41, 5.74) is 0. The lowest BCUT2D eigenvalue weighted by Crippen LogP contribution is -2.45. The summed E-state index contributed by atoms with van der Waals surface area (Å²) in [6.07, 6.45) is 91.5. The number of rotatable bonds is 73. The minimum atomic E-state index is -0.661. The number of carbonyl (C=O) groups excluding carboxylic acids is 2. The molecule has 494 valence electrons. The van der Waals surface area contributed by atoms with E-state index in [1.165, 1.54) is 372 Å². The third-order valence-electron chi connectivity index (χ3n) is 18.3. The summed E-state index contributed by atoms with van der Waals surface area (Å²) in [5, 5.41) is 23.4. The van der Waals surface area contributed by atoms with Gasteiger partial charge in [0.25, 0.3) is 0 Å². The van der Waals surface area contributed by atoms with Crippen molar-refractivity contribution >= 4 is 11.9 Å². The van der Waals surface area contributed by atoms with E-state index in [2.05, 4.69) is 31.3 Å². The molecular weight excluding hydrogens is 1020 g/mol. The molecule has 6 nitrogen and oxygen atoms in total. The summed E-state index contributed by atoms with van der Waals surface area (Å²) in [6, 6.07) is -0.538. The van der Waals surface area contributed by atoms with Gasteiger partial charge in [0.05, 0.1) is 25.4 Å². The maximum absolute atomic E-state index is 12.5. The molecule has 0 aliphatic heterocycles. The third kappa shape index (κ3) is 69.6.